The minimum Gasteiger partial charge on any atom is -0.445 e. The van der Waals surface area contributed by atoms with Crippen molar-refractivity contribution in [2.75, 3.05) is 6.54 Å². The number of ether oxygens (including phenoxy) is 1. The van der Waals surface area contributed by atoms with Crippen LogP contribution in [0.4, 0.5) is 13.6 Å². The summed E-state index contributed by atoms with van der Waals surface area (Å²) in [5.41, 5.74) is 0.806. The predicted octanol–water partition coefficient (Wildman–Crippen LogP) is 2.57. The fraction of sp³-hybridized carbons (Fsp3) is 0.364. The monoisotopic (exact) mass is 229 g/mol. The second-order valence-corrected chi connectivity index (χ2v) is 3.49. The maximum atomic E-state index is 12.4. The highest BCUT2D eigenvalue weighted by molar-refractivity contribution is 5.67. The van der Waals surface area contributed by atoms with Crippen molar-refractivity contribution in [2.24, 2.45) is 0 Å². The molecule has 5 heteroatoms. The zero-order valence-corrected chi connectivity index (χ0v) is 8.87. The van der Waals surface area contributed by atoms with E-state index in [-0.39, 0.29) is 6.61 Å². The summed E-state index contributed by atoms with van der Waals surface area (Å²) in [5.74, 6) is -2.92. The second-order valence-electron chi connectivity index (χ2n) is 3.49. The van der Waals surface area contributed by atoms with Gasteiger partial charge >= 0.3 is 6.09 Å². The first-order chi connectivity index (χ1) is 7.47. The average Bonchev–Trinajstić information content (AvgIpc) is 2.24. The van der Waals surface area contributed by atoms with E-state index in [1.54, 1.807) is 24.3 Å². The Morgan fingerprint density at radius 2 is 2.00 bits per heavy atom. The molecule has 0 saturated carbocycles. The molecule has 1 aromatic rings. The lowest BCUT2D eigenvalue weighted by molar-refractivity contribution is 0.0210. The van der Waals surface area contributed by atoms with Crippen molar-refractivity contribution in [1.29, 1.82) is 0 Å². The summed E-state index contributed by atoms with van der Waals surface area (Å²) in [6.45, 7) is 0.0764. The number of hydrogen-bond donors (Lipinski definition) is 1. The molecule has 3 nitrogen and oxygen atoms in total. The molecule has 0 aliphatic heterocycles. The van der Waals surface area contributed by atoms with E-state index < -0.39 is 18.6 Å². The molecule has 0 bridgehead atoms. The molecule has 16 heavy (non-hydrogen) atoms. The number of benzene rings is 1. The van der Waals surface area contributed by atoms with Gasteiger partial charge in [-0.2, -0.15) is 0 Å². The summed E-state index contributed by atoms with van der Waals surface area (Å²) in [4.78, 5) is 11.0. The summed E-state index contributed by atoms with van der Waals surface area (Å²) in [7, 11) is 0. The molecule has 0 heterocycles. The molecule has 0 radical (unpaired) electrons. The van der Waals surface area contributed by atoms with Crippen molar-refractivity contribution in [3.05, 3.63) is 35.9 Å². The molecule has 1 aromatic carbocycles. The van der Waals surface area contributed by atoms with Gasteiger partial charge in [0.2, 0.25) is 0 Å². The van der Waals surface area contributed by atoms with Crippen molar-refractivity contribution >= 4 is 6.09 Å². The van der Waals surface area contributed by atoms with Crippen LogP contribution in [0.2, 0.25) is 0 Å². The van der Waals surface area contributed by atoms with Gasteiger partial charge in [0.1, 0.15) is 6.61 Å². The molecule has 0 unspecified atom stereocenters. The summed E-state index contributed by atoms with van der Waals surface area (Å²) in [5, 5.41) is 1.98. The smallest absolute Gasteiger partial charge is 0.407 e. The van der Waals surface area contributed by atoms with Crippen LogP contribution in [0, 0.1) is 0 Å². The van der Waals surface area contributed by atoms with E-state index in [0.717, 1.165) is 12.5 Å². The van der Waals surface area contributed by atoms with E-state index >= 15 is 0 Å². The zero-order chi connectivity index (χ0) is 12.0. The number of hydrogen-bond acceptors (Lipinski definition) is 2. The van der Waals surface area contributed by atoms with Crippen LogP contribution in [-0.4, -0.2) is 18.6 Å². The minimum atomic E-state index is -2.92. The van der Waals surface area contributed by atoms with Crippen molar-refractivity contribution < 1.29 is 18.3 Å². The minimum absolute atomic E-state index is 0.0714. The molecule has 88 valence electrons. The van der Waals surface area contributed by atoms with E-state index in [2.05, 4.69) is 0 Å². The number of carbonyl (C=O) groups is 1. The van der Waals surface area contributed by atoms with E-state index in [0.29, 0.717) is 0 Å². The lowest BCUT2D eigenvalue weighted by atomic mass is 10.2. The molecule has 1 amide bonds. The first-order valence-electron chi connectivity index (χ1n) is 4.80. The Morgan fingerprint density at radius 1 is 1.38 bits per heavy atom. The Hall–Kier alpha value is -1.65. The van der Waals surface area contributed by atoms with Gasteiger partial charge in [-0.1, -0.05) is 30.3 Å². The van der Waals surface area contributed by atoms with Crippen LogP contribution in [0.3, 0.4) is 0 Å². The standard InChI is InChI=1S/C11H13F2NO2/c1-11(12,13)8-14-10(15)16-7-9-5-3-2-4-6-9/h2-6H,7-8H2,1H3,(H,14,15). The summed E-state index contributed by atoms with van der Waals surface area (Å²) in [6.07, 6.45) is -0.842. The average molecular weight is 229 g/mol. The van der Waals surface area contributed by atoms with Gasteiger partial charge in [-0.3, -0.25) is 0 Å². The number of alkyl halides is 2. The van der Waals surface area contributed by atoms with Crippen LogP contribution in [0.15, 0.2) is 30.3 Å². The summed E-state index contributed by atoms with van der Waals surface area (Å²) >= 11 is 0. The van der Waals surface area contributed by atoms with Gasteiger partial charge in [-0.25, -0.2) is 13.6 Å². The van der Waals surface area contributed by atoms with Crippen LogP contribution < -0.4 is 5.32 Å². The number of carbonyl (C=O) groups excluding carboxylic acids is 1. The van der Waals surface area contributed by atoms with Gasteiger partial charge < -0.3 is 10.1 Å². The lowest BCUT2D eigenvalue weighted by Gasteiger charge is -2.11. The van der Waals surface area contributed by atoms with E-state index in [9.17, 15) is 13.6 Å². The number of nitrogens with one attached hydrogen (secondary N) is 1. The molecule has 1 rings (SSSR count). The molecule has 0 fully saturated rings. The lowest BCUT2D eigenvalue weighted by Crippen LogP contribution is -2.34. The van der Waals surface area contributed by atoms with Gasteiger partial charge in [0, 0.05) is 6.92 Å². The first-order valence-corrected chi connectivity index (χ1v) is 4.80. The van der Waals surface area contributed by atoms with E-state index in [1.165, 1.54) is 0 Å². The Balaban J connectivity index is 2.26. The van der Waals surface area contributed by atoms with Crippen LogP contribution in [0.1, 0.15) is 12.5 Å². The molecule has 0 spiro atoms. The molecule has 1 N–H and O–H groups in total. The second kappa shape index (κ2) is 5.44. The molecular weight excluding hydrogens is 216 g/mol. The maximum absolute atomic E-state index is 12.4. The summed E-state index contributed by atoms with van der Waals surface area (Å²) < 4.78 is 29.5. The Kier molecular flexibility index (Phi) is 4.22. The molecule has 0 aliphatic rings. The molecule has 0 atom stereocenters. The highest BCUT2D eigenvalue weighted by Crippen LogP contribution is 2.09. The largest absolute Gasteiger partial charge is 0.445 e. The van der Waals surface area contributed by atoms with Gasteiger partial charge in [0.15, 0.2) is 0 Å². The summed E-state index contributed by atoms with van der Waals surface area (Å²) in [6, 6.07) is 9.00. The normalized spacial score (nSPS) is 10.9. The third-order valence-corrected chi connectivity index (χ3v) is 1.76. The van der Waals surface area contributed by atoms with Gasteiger partial charge in [-0.15, -0.1) is 0 Å². The fourth-order valence-corrected chi connectivity index (χ4v) is 1.00. The quantitative estimate of drug-likeness (QED) is 0.861. The zero-order valence-electron chi connectivity index (χ0n) is 8.87. The van der Waals surface area contributed by atoms with Crippen LogP contribution in [0.25, 0.3) is 0 Å². The van der Waals surface area contributed by atoms with Crippen molar-refractivity contribution in [3.8, 4) is 0 Å². The van der Waals surface area contributed by atoms with Crippen LogP contribution >= 0.6 is 0 Å². The Bertz CT molecular complexity index is 336. The maximum Gasteiger partial charge on any atom is 0.407 e. The third kappa shape index (κ3) is 5.29. The topological polar surface area (TPSA) is 38.3 Å². The van der Waals surface area contributed by atoms with Gasteiger partial charge in [0.25, 0.3) is 5.92 Å². The van der Waals surface area contributed by atoms with Gasteiger partial charge in [0.05, 0.1) is 6.54 Å². The predicted molar refractivity (Wildman–Crippen MR) is 55.3 cm³/mol. The van der Waals surface area contributed by atoms with Crippen LogP contribution in [0.5, 0.6) is 0 Å². The molecule has 0 saturated heterocycles. The Labute approximate surface area is 92.4 Å². The Morgan fingerprint density at radius 3 is 2.56 bits per heavy atom. The SMILES string of the molecule is CC(F)(F)CNC(=O)OCc1ccccc1. The van der Waals surface area contributed by atoms with Crippen molar-refractivity contribution in [3.63, 3.8) is 0 Å². The number of alkyl carbamates (subject to hydrolysis) is 1. The molecule has 0 aromatic heterocycles. The number of rotatable bonds is 4. The number of halogens is 2. The first kappa shape index (κ1) is 12.4. The highest BCUT2D eigenvalue weighted by atomic mass is 19.3. The fourth-order valence-electron chi connectivity index (χ4n) is 1.00. The highest BCUT2D eigenvalue weighted by Gasteiger charge is 2.21. The van der Waals surface area contributed by atoms with E-state index in [4.69, 9.17) is 4.74 Å². The van der Waals surface area contributed by atoms with E-state index in [1.807, 2.05) is 11.4 Å². The number of amides is 1. The van der Waals surface area contributed by atoms with Crippen LogP contribution in [-0.2, 0) is 11.3 Å². The molecular formula is C11H13F2NO2. The molecule has 0 aliphatic carbocycles. The van der Waals surface area contributed by atoms with Crippen molar-refractivity contribution in [1.82, 2.24) is 5.32 Å². The van der Waals surface area contributed by atoms with Crippen molar-refractivity contribution in [2.45, 2.75) is 19.5 Å². The van der Waals surface area contributed by atoms with Gasteiger partial charge in [-0.05, 0) is 5.56 Å². The third-order valence-electron chi connectivity index (χ3n) is 1.76.